The van der Waals surface area contributed by atoms with Gasteiger partial charge in [0.1, 0.15) is 0 Å². The van der Waals surface area contributed by atoms with E-state index in [4.69, 9.17) is 0 Å². The van der Waals surface area contributed by atoms with Gasteiger partial charge in [-0.3, -0.25) is 0 Å². The second-order valence-electron chi connectivity index (χ2n) is 7.69. The lowest BCUT2D eigenvalue weighted by Crippen LogP contribution is -2.58. The van der Waals surface area contributed by atoms with Gasteiger partial charge in [-0.15, -0.1) is 0 Å². The molecule has 4 aromatic carbocycles. The van der Waals surface area contributed by atoms with Crippen LogP contribution in [0.3, 0.4) is 0 Å². The Kier molecular flexibility index (Phi) is 2.86. The van der Waals surface area contributed by atoms with Crippen molar-refractivity contribution in [3.05, 3.63) is 84.4 Å². The topological polar surface area (TPSA) is 28.7 Å². The SMILES string of the molecule is N#Cc1cc2c3c(c1)-n1c4ccccc4c4cccc(c41)B3c1ccccc1S2. The number of nitrogens with zero attached hydrogens (tertiary/aromatic N) is 2. The predicted molar refractivity (Wildman–Crippen MR) is 121 cm³/mol. The molecular weight excluding hydrogens is 371 g/mol. The molecule has 0 saturated carbocycles. The molecule has 0 atom stereocenters. The molecule has 2 aliphatic heterocycles. The van der Waals surface area contributed by atoms with Crippen LogP contribution in [-0.4, -0.2) is 11.3 Å². The number of aromatic nitrogens is 1. The Morgan fingerprint density at radius 3 is 2.52 bits per heavy atom. The van der Waals surface area contributed by atoms with Crippen LogP contribution in [0.25, 0.3) is 27.5 Å². The lowest BCUT2D eigenvalue weighted by atomic mass is 9.35. The van der Waals surface area contributed by atoms with Gasteiger partial charge >= 0.3 is 0 Å². The molecule has 2 aliphatic rings. The lowest BCUT2D eigenvalue weighted by molar-refractivity contribution is 1.17. The van der Waals surface area contributed by atoms with Crippen molar-refractivity contribution in [2.24, 2.45) is 0 Å². The van der Waals surface area contributed by atoms with Crippen LogP contribution in [0.2, 0.25) is 0 Å². The first-order chi connectivity index (χ1) is 14.3. The van der Waals surface area contributed by atoms with Crippen LogP contribution in [0.4, 0.5) is 0 Å². The Balaban J connectivity index is 1.76. The van der Waals surface area contributed by atoms with Crippen molar-refractivity contribution in [2.75, 3.05) is 0 Å². The number of hydrogen-bond acceptors (Lipinski definition) is 2. The van der Waals surface area contributed by atoms with E-state index in [9.17, 15) is 5.26 Å². The number of para-hydroxylation sites is 2. The van der Waals surface area contributed by atoms with E-state index in [1.807, 2.05) is 0 Å². The van der Waals surface area contributed by atoms with Crippen molar-refractivity contribution >= 4 is 56.7 Å². The summed E-state index contributed by atoms with van der Waals surface area (Å²) in [6.07, 6.45) is 0. The Morgan fingerprint density at radius 1 is 0.793 bits per heavy atom. The Labute approximate surface area is 172 Å². The van der Waals surface area contributed by atoms with Crippen LogP contribution < -0.4 is 16.4 Å². The third-order valence-corrected chi connectivity index (χ3v) is 7.42. The minimum atomic E-state index is 0.200. The maximum absolute atomic E-state index is 9.72. The Bertz CT molecular complexity index is 1560. The van der Waals surface area contributed by atoms with Gasteiger partial charge in [-0.1, -0.05) is 71.8 Å². The molecule has 0 N–H and O–H groups in total. The third kappa shape index (κ3) is 1.84. The molecule has 7 rings (SSSR count). The number of hydrogen-bond donors (Lipinski definition) is 0. The van der Waals surface area contributed by atoms with Crippen molar-refractivity contribution in [1.29, 1.82) is 5.26 Å². The van der Waals surface area contributed by atoms with Crippen molar-refractivity contribution in [3.63, 3.8) is 0 Å². The Morgan fingerprint density at radius 2 is 1.59 bits per heavy atom. The van der Waals surface area contributed by atoms with Crippen LogP contribution in [0.1, 0.15) is 5.56 Å². The summed E-state index contributed by atoms with van der Waals surface area (Å²) in [4.78, 5) is 2.48. The van der Waals surface area contributed by atoms with E-state index in [2.05, 4.69) is 89.5 Å². The van der Waals surface area contributed by atoms with Crippen LogP contribution in [0, 0.1) is 11.3 Å². The van der Waals surface area contributed by atoms with Crippen molar-refractivity contribution in [1.82, 2.24) is 4.57 Å². The van der Waals surface area contributed by atoms with E-state index in [1.54, 1.807) is 11.8 Å². The highest BCUT2D eigenvalue weighted by Crippen LogP contribution is 2.38. The van der Waals surface area contributed by atoms with E-state index in [-0.39, 0.29) is 6.71 Å². The molecule has 4 heteroatoms. The molecule has 29 heavy (non-hydrogen) atoms. The molecule has 2 nitrogen and oxygen atoms in total. The van der Waals surface area contributed by atoms with Crippen LogP contribution in [0.5, 0.6) is 0 Å². The minimum Gasteiger partial charge on any atom is -0.310 e. The summed E-state index contributed by atoms with van der Waals surface area (Å²) in [5.74, 6) is 0. The summed E-state index contributed by atoms with van der Waals surface area (Å²) in [5, 5.41) is 12.3. The Hall–Kier alpha value is -3.42. The summed E-state index contributed by atoms with van der Waals surface area (Å²) >= 11 is 1.79. The fourth-order valence-electron chi connectivity index (χ4n) is 5.17. The van der Waals surface area contributed by atoms with E-state index >= 15 is 0 Å². The van der Waals surface area contributed by atoms with Crippen molar-refractivity contribution < 1.29 is 0 Å². The highest BCUT2D eigenvalue weighted by Gasteiger charge is 2.39. The van der Waals surface area contributed by atoms with E-state index in [0.29, 0.717) is 0 Å². The number of fused-ring (bicyclic) bond motifs is 7. The number of benzene rings is 4. The summed E-state index contributed by atoms with van der Waals surface area (Å²) in [6.45, 7) is 0.200. The van der Waals surface area contributed by atoms with Gasteiger partial charge in [0.15, 0.2) is 0 Å². The molecule has 0 radical (unpaired) electrons. The average Bonchev–Trinajstić information content (AvgIpc) is 3.12. The smallest absolute Gasteiger partial charge is 0.249 e. The van der Waals surface area contributed by atoms with Gasteiger partial charge in [0.25, 0.3) is 0 Å². The molecule has 132 valence electrons. The lowest BCUT2D eigenvalue weighted by Gasteiger charge is -2.33. The molecule has 3 heterocycles. The van der Waals surface area contributed by atoms with E-state index < -0.39 is 0 Å². The van der Waals surface area contributed by atoms with Gasteiger partial charge in [0.05, 0.1) is 17.1 Å². The maximum Gasteiger partial charge on any atom is 0.249 e. The molecule has 0 fully saturated rings. The van der Waals surface area contributed by atoms with Crippen LogP contribution >= 0.6 is 11.8 Å². The fourth-order valence-corrected chi connectivity index (χ4v) is 6.38. The first-order valence-corrected chi connectivity index (χ1v) is 10.5. The molecule has 0 bridgehead atoms. The van der Waals surface area contributed by atoms with Gasteiger partial charge < -0.3 is 4.57 Å². The molecule has 0 spiro atoms. The largest absolute Gasteiger partial charge is 0.310 e. The van der Waals surface area contributed by atoms with Gasteiger partial charge in [-0.2, -0.15) is 5.26 Å². The third-order valence-electron chi connectivity index (χ3n) is 6.27. The summed E-state index contributed by atoms with van der Waals surface area (Å²) in [7, 11) is 0. The van der Waals surface area contributed by atoms with Gasteiger partial charge in [0, 0.05) is 31.8 Å². The number of rotatable bonds is 0. The number of nitriles is 1. The average molecular weight is 384 g/mol. The molecule has 0 unspecified atom stereocenters. The summed E-state index contributed by atoms with van der Waals surface area (Å²) < 4.78 is 2.38. The zero-order valence-electron chi connectivity index (χ0n) is 15.4. The highest BCUT2D eigenvalue weighted by molar-refractivity contribution is 8.00. The molecule has 0 amide bonds. The predicted octanol–water partition coefficient (Wildman–Crippen LogP) is 3.95. The standard InChI is InChI=1S/C25H13BN2S/c27-14-15-12-21-24-23(13-15)29-22-11-4-2-8-18(22)26(24)19-9-5-7-17-16-6-1-3-10-20(16)28(21)25(17)19/h1-13H. The maximum atomic E-state index is 9.72. The van der Waals surface area contributed by atoms with E-state index in [1.165, 1.54) is 48.0 Å². The van der Waals surface area contributed by atoms with Gasteiger partial charge in [0.2, 0.25) is 6.71 Å². The molecular formula is C25H13BN2S. The first kappa shape index (κ1) is 15.5. The zero-order chi connectivity index (χ0) is 19.1. The second kappa shape index (κ2) is 5.34. The van der Waals surface area contributed by atoms with Gasteiger partial charge in [-0.25, -0.2) is 0 Å². The molecule has 1 aromatic heterocycles. The summed E-state index contributed by atoms with van der Waals surface area (Å²) in [5.41, 5.74) is 8.38. The fraction of sp³-hybridized carbons (Fsp3) is 0. The minimum absolute atomic E-state index is 0.200. The highest BCUT2D eigenvalue weighted by atomic mass is 32.2. The van der Waals surface area contributed by atoms with Crippen molar-refractivity contribution in [2.45, 2.75) is 9.79 Å². The van der Waals surface area contributed by atoms with Crippen LogP contribution in [0.15, 0.2) is 88.7 Å². The van der Waals surface area contributed by atoms with Crippen molar-refractivity contribution in [3.8, 4) is 11.8 Å². The first-order valence-electron chi connectivity index (χ1n) is 9.72. The van der Waals surface area contributed by atoms with Crippen LogP contribution in [-0.2, 0) is 0 Å². The van der Waals surface area contributed by atoms with Gasteiger partial charge in [-0.05, 0) is 35.2 Å². The zero-order valence-corrected chi connectivity index (χ0v) is 16.2. The summed E-state index contributed by atoms with van der Waals surface area (Å²) in [6, 6.07) is 30.5. The normalized spacial score (nSPS) is 13.3. The monoisotopic (exact) mass is 384 g/mol. The second-order valence-corrected chi connectivity index (χ2v) is 8.77. The molecule has 5 aromatic rings. The molecule has 0 saturated heterocycles. The van der Waals surface area contributed by atoms with E-state index in [0.717, 1.165) is 11.3 Å². The quantitative estimate of drug-likeness (QED) is 0.371. The molecule has 0 aliphatic carbocycles.